The van der Waals surface area contributed by atoms with Crippen molar-refractivity contribution < 1.29 is 14.2 Å². The zero-order valence-corrected chi connectivity index (χ0v) is 16.8. The molecule has 0 spiro atoms. The number of rotatable bonds is 5. The van der Waals surface area contributed by atoms with Crippen molar-refractivity contribution in [1.29, 1.82) is 0 Å². The van der Waals surface area contributed by atoms with Crippen LogP contribution in [-0.4, -0.2) is 23.6 Å². The summed E-state index contributed by atoms with van der Waals surface area (Å²) in [5.41, 5.74) is 2.83. The Hall–Kier alpha value is -3.51. The van der Waals surface area contributed by atoms with Gasteiger partial charge < -0.3 is 14.2 Å². The molecule has 0 unspecified atom stereocenters. The minimum absolute atomic E-state index is 0.688. The van der Waals surface area contributed by atoms with E-state index in [9.17, 15) is 0 Å². The summed E-state index contributed by atoms with van der Waals surface area (Å²) >= 11 is 1.64. The highest BCUT2D eigenvalue weighted by molar-refractivity contribution is 7.23. The monoisotopic (exact) mass is 402 g/mol. The van der Waals surface area contributed by atoms with Crippen molar-refractivity contribution in [3.05, 3.63) is 72.8 Å². The van der Waals surface area contributed by atoms with Gasteiger partial charge in [0.15, 0.2) is 4.96 Å². The van der Waals surface area contributed by atoms with Crippen molar-refractivity contribution in [2.45, 2.75) is 0 Å². The molecule has 0 fully saturated rings. The van der Waals surface area contributed by atoms with Gasteiger partial charge in [0.1, 0.15) is 22.9 Å². The average Bonchev–Trinajstić information content (AvgIpc) is 3.31. The largest absolute Gasteiger partial charge is 0.497 e. The van der Waals surface area contributed by atoms with Gasteiger partial charge in [-0.2, -0.15) is 0 Å². The van der Waals surface area contributed by atoms with Gasteiger partial charge in [-0.25, -0.2) is 4.98 Å². The predicted molar refractivity (Wildman–Crippen MR) is 116 cm³/mol. The summed E-state index contributed by atoms with van der Waals surface area (Å²) in [5, 5.41) is 0. The number of benzene rings is 3. The number of hydrogen-bond donors (Lipinski definition) is 0. The summed E-state index contributed by atoms with van der Waals surface area (Å²) in [7, 11) is 3.31. The van der Waals surface area contributed by atoms with Crippen molar-refractivity contribution in [2.24, 2.45) is 0 Å². The molecular weight excluding hydrogens is 384 g/mol. The lowest BCUT2D eigenvalue weighted by Crippen LogP contribution is -1.92. The molecule has 5 rings (SSSR count). The van der Waals surface area contributed by atoms with E-state index in [1.807, 2.05) is 60.7 Å². The van der Waals surface area contributed by atoms with E-state index in [2.05, 4.69) is 16.5 Å². The van der Waals surface area contributed by atoms with Gasteiger partial charge in [0.25, 0.3) is 0 Å². The zero-order valence-electron chi connectivity index (χ0n) is 16.0. The number of fused-ring (bicyclic) bond motifs is 3. The second kappa shape index (κ2) is 7.14. The first-order chi connectivity index (χ1) is 14.3. The molecule has 0 aliphatic carbocycles. The molecule has 144 valence electrons. The summed E-state index contributed by atoms with van der Waals surface area (Å²) in [6, 6.07) is 23.6. The number of para-hydroxylation sites is 1. The third-order valence-electron chi connectivity index (χ3n) is 4.75. The third-order valence-corrected chi connectivity index (χ3v) is 5.77. The normalized spacial score (nSPS) is 11.1. The lowest BCUT2D eigenvalue weighted by atomic mass is 10.1. The smallest absolute Gasteiger partial charge is 0.233 e. The molecule has 0 N–H and O–H groups in total. The number of nitrogens with zero attached hydrogens (tertiary/aromatic N) is 2. The molecule has 0 bridgehead atoms. The fourth-order valence-corrected chi connectivity index (χ4v) is 4.30. The molecule has 0 saturated carbocycles. The molecule has 0 amide bonds. The van der Waals surface area contributed by atoms with Crippen LogP contribution in [0.3, 0.4) is 0 Å². The van der Waals surface area contributed by atoms with Crippen LogP contribution < -0.4 is 14.2 Å². The third kappa shape index (κ3) is 3.07. The van der Waals surface area contributed by atoms with E-state index >= 15 is 0 Å². The summed E-state index contributed by atoms with van der Waals surface area (Å²) in [5.74, 6) is 3.00. The van der Waals surface area contributed by atoms with Gasteiger partial charge in [-0.15, -0.1) is 0 Å². The van der Waals surface area contributed by atoms with Gasteiger partial charge in [0.2, 0.25) is 5.88 Å². The van der Waals surface area contributed by atoms with Gasteiger partial charge in [-0.1, -0.05) is 23.5 Å². The minimum atomic E-state index is 0.688. The van der Waals surface area contributed by atoms with Gasteiger partial charge in [-0.3, -0.25) is 4.40 Å². The summed E-state index contributed by atoms with van der Waals surface area (Å²) in [6.45, 7) is 0. The number of aromatic nitrogens is 2. The Bertz CT molecular complexity index is 1290. The van der Waals surface area contributed by atoms with E-state index < -0.39 is 0 Å². The Kier molecular flexibility index (Phi) is 4.33. The van der Waals surface area contributed by atoms with Crippen LogP contribution in [-0.2, 0) is 0 Å². The van der Waals surface area contributed by atoms with Crippen LogP contribution in [0.4, 0.5) is 0 Å². The molecular formula is C23H18N2O3S. The number of imidazole rings is 1. The first kappa shape index (κ1) is 17.6. The Labute approximate surface area is 171 Å². The maximum Gasteiger partial charge on any atom is 0.233 e. The van der Waals surface area contributed by atoms with E-state index in [0.29, 0.717) is 5.88 Å². The number of thiazole rings is 1. The first-order valence-electron chi connectivity index (χ1n) is 9.13. The molecule has 0 saturated heterocycles. The van der Waals surface area contributed by atoms with Crippen LogP contribution >= 0.6 is 11.3 Å². The van der Waals surface area contributed by atoms with Crippen LogP contribution in [0.1, 0.15) is 0 Å². The van der Waals surface area contributed by atoms with Gasteiger partial charge >= 0.3 is 0 Å². The fourth-order valence-electron chi connectivity index (χ4n) is 3.28. The molecule has 6 heteroatoms. The van der Waals surface area contributed by atoms with Crippen LogP contribution in [0.15, 0.2) is 72.8 Å². The van der Waals surface area contributed by atoms with Gasteiger partial charge in [0.05, 0.1) is 24.4 Å². The number of ether oxygens (including phenoxy) is 3. The van der Waals surface area contributed by atoms with Crippen LogP contribution in [0.5, 0.6) is 23.1 Å². The number of hydrogen-bond acceptors (Lipinski definition) is 5. The number of methoxy groups -OCH3 is 2. The standard InChI is InChI=1S/C23H18N2O3S/c1-26-16-9-7-15(8-10-16)21-22(28-18-13-11-17(27-2)12-14-18)25-19-5-3-4-6-20(19)29-23(25)24-21/h3-14H,1-2H3. The van der Waals surface area contributed by atoms with Crippen molar-refractivity contribution in [1.82, 2.24) is 9.38 Å². The van der Waals surface area contributed by atoms with Crippen molar-refractivity contribution in [3.63, 3.8) is 0 Å². The maximum atomic E-state index is 6.36. The zero-order chi connectivity index (χ0) is 19.8. The first-order valence-corrected chi connectivity index (χ1v) is 9.95. The highest BCUT2D eigenvalue weighted by Gasteiger charge is 2.20. The lowest BCUT2D eigenvalue weighted by molar-refractivity contribution is 0.412. The van der Waals surface area contributed by atoms with E-state index in [-0.39, 0.29) is 0 Å². The van der Waals surface area contributed by atoms with Crippen molar-refractivity contribution in [2.75, 3.05) is 14.2 Å². The molecule has 3 aromatic carbocycles. The second-order valence-electron chi connectivity index (χ2n) is 6.46. The van der Waals surface area contributed by atoms with Crippen LogP contribution in [0.2, 0.25) is 0 Å². The van der Waals surface area contributed by atoms with E-state index in [1.54, 1.807) is 25.6 Å². The van der Waals surface area contributed by atoms with Gasteiger partial charge in [-0.05, 0) is 60.7 Å². The Morgan fingerprint density at radius 2 is 1.38 bits per heavy atom. The Morgan fingerprint density at radius 3 is 2.07 bits per heavy atom. The Morgan fingerprint density at radius 1 is 0.759 bits per heavy atom. The van der Waals surface area contributed by atoms with Crippen molar-refractivity contribution in [3.8, 4) is 34.4 Å². The molecule has 29 heavy (non-hydrogen) atoms. The molecule has 5 aromatic rings. The fraction of sp³-hybridized carbons (Fsp3) is 0.0870. The SMILES string of the molecule is COc1ccc(Oc2c(-c3ccc(OC)cc3)nc3sc4ccccc4n23)cc1. The highest BCUT2D eigenvalue weighted by Crippen LogP contribution is 2.40. The molecule has 0 aliphatic heterocycles. The Balaban J connectivity index is 1.69. The van der Waals surface area contributed by atoms with E-state index in [0.717, 1.165) is 43.7 Å². The van der Waals surface area contributed by atoms with E-state index in [4.69, 9.17) is 19.2 Å². The predicted octanol–water partition coefficient (Wildman–Crippen LogP) is 6.03. The summed E-state index contributed by atoms with van der Waals surface area (Å²) < 4.78 is 20.1. The lowest BCUT2D eigenvalue weighted by Gasteiger charge is -2.09. The van der Waals surface area contributed by atoms with Crippen LogP contribution in [0.25, 0.3) is 26.4 Å². The molecule has 0 aliphatic rings. The van der Waals surface area contributed by atoms with Crippen LogP contribution in [0, 0.1) is 0 Å². The second-order valence-corrected chi connectivity index (χ2v) is 7.47. The summed E-state index contributed by atoms with van der Waals surface area (Å²) in [6.07, 6.45) is 0. The maximum absolute atomic E-state index is 6.36. The molecule has 2 aromatic heterocycles. The molecule has 0 radical (unpaired) electrons. The van der Waals surface area contributed by atoms with E-state index in [1.165, 1.54) is 0 Å². The average molecular weight is 402 g/mol. The molecule has 2 heterocycles. The quantitative estimate of drug-likeness (QED) is 0.360. The topological polar surface area (TPSA) is 45.0 Å². The highest BCUT2D eigenvalue weighted by atomic mass is 32.1. The van der Waals surface area contributed by atoms with Gasteiger partial charge in [0, 0.05) is 5.56 Å². The molecule has 5 nitrogen and oxygen atoms in total. The summed E-state index contributed by atoms with van der Waals surface area (Å²) in [4.78, 5) is 5.79. The minimum Gasteiger partial charge on any atom is -0.497 e. The van der Waals surface area contributed by atoms with Crippen molar-refractivity contribution >= 4 is 26.5 Å². The molecule has 0 atom stereocenters.